The molecule has 0 heterocycles. The fourth-order valence-electron chi connectivity index (χ4n) is 1.25. The van der Waals surface area contributed by atoms with Crippen LogP contribution in [0.25, 0.3) is 0 Å². The molecule has 0 aliphatic carbocycles. The van der Waals surface area contributed by atoms with E-state index in [-0.39, 0.29) is 18.8 Å². The lowest BCUT2D eigenvalue weighted by molar-refractivity contribution is -0.284. The molecule has 0 saturated heterocycles. The Kier molecular flexibility index (Phi) is 7.69. The minimum atomic E-state index is -5.51. The molecule has 1 unspecified atom stereocenters. The van der Waals surface area contributed by atoms with Crippen molar-refractivity contribution in [3.8, 4) is 0 Å². The average Bonchev–Trinajstić information content (AvgIpc) is 2.27. The Bertz CT molecular complexity index is 281. The molecule has 0 aromatic rings. The lowest BCUT2D eigenvalue weighted by atomic mass is 10.2. The molecule has 0 aliphatic heterocycles. The molecule has 0 spiro atoms. The summed E-state index contributed by atoms with van der Waals surface area (Å²) in [5.41, 5.74) is 0. The van der Waals surface area contributed by atoms with Gasteiger partial charge in [0.25, 0.3) is 0 Å². The van der Waals surface area contributed by atoms with Gasteiger partial charge in [-0.1, -0.05) is 6.92 Å². The molecule has 0 radical (unpaired) electrons. The molecule has 0 fully saturated rings. The highest BCUT2D eigenvalue weighted by atomic mass is 32.2. The van der Waals surface area contributed by atoms with Gasteiger partial charge >= 0.3 is 18.1 Å². The van der Waals surface area contributed by atoms with Crippen LogP contribution < -0.4 is 0 Å². The first-order chi connectivity index (χ1) is 8.65. The molecule has 8 heteroatoms. The van der Waals surface area contributed by atoms with Gasteiger partial charge < -0.3 is 4.74 Å². The molecule has 0 bridgehead atoms. The molecular formula is C11H17F5O2S. The van der Waals surface area contributed by atoms with Crippen molar-refractivity contribution in [1.82, 2.24) is 0 Å². The third-order valence-electron chi connectivity index (χ3n) is 2.29. The standard InChI is InChI=1S/C11H17F5O2S/c1-3-8(9(17)18-4-2)19-7-5-6-10(12,13)11(14,15)16/h8H,3-7H2,1-2H3. The predicted octanol–water partition coefficient (Wildman–Crippen LogP) is 4.04. The van der Waals surface area contributed by atoms with Crippen molar-refractivity contribution in [3.63, 3.8) is 0 Å². The predicted molar refractivity (Wildman–Crippen MR) is 63.4 cm³/mol. The third kappa shape index (κ3) is 6.44. The van der Waals surface area contributed by atoms with Gasteiger partial charge in [-0.2, -0.15) is 22.0 Å². The summed E-state index contributed by atoms with van der Waals surface area (Å²) in [5, 5.41) is -0.514. The molecule has 0 N–H and O–H groups in total. The van der Waals surface area contributed by atoms with Crippen LogP contribution in [0.4, 0.5) is 22.0 Å². The molecule has 0 saturated carbocycles. The zero-order chi connectivity index (χ0) is 15.1. The summed E-state index contributed by atoms with van der Waals surface area (Å²) in [6.07, 6.45) is -6.64. The van der Waals surface area contributed by atoms with Crippen molar-refractivity contribution >= 4 is 17.7 Å². The Hall–Kier alpha value is -0.530. The number of carbonyl (C=O) groups is 1. The number of hydrogen-bond donors (Lipinski definition) is 0. The van der Waals surface area contributed by atoms with Crippen LogP contribution in [0.5, 0.6) is 0 Å². The molecule has 0 aromatic carbocycles. The number of alkyl halides is 5. The number of ether oxygens (including phenoxy) is 1. The highest BCUT2D eigenvalue weighted by Gasteiger charge is 2.56. The monoisotopic (exact) mass is 308 g/mol. The lowest BCUT2D eigenvalue weighted by Crippen LogP contribution is -2.36. The summed E-state index contributed by atoms with van der Waals surface area (Å²) in [5.74, 6) is -5.07. The van der Waals surface area contributed by atoms with Gasteiger partial charge in [0.1, 0.15) is 5.25 Å². The van der Waals surface area contributed by atoms with Crippen LogP contribution in [0.1, 0.15) is 33.1 Å². The van der Waals surface area contributed by atoms with Crippen LogP contribution in [0.2, 0.25) is 0 Å². The van der Waals surface area contributed by atoms with Gasteiger partial charge in [0.05, 0.1) is 6.61 Å². The Morgan fingerprint density at radius 2 is 1.79 bits per heavy atom. The summed E-state index contributed by atoms with van der Waals surface area (Å²) in [7, 11) is 0. The van der Waals surface area contributed by atoms with Crippen molar-refractivity contribution in [2.75, 3.05) is 12.4 Å². The van der Waals surface area contributed by atoms with E-state index in [2.05, 4.69) is 0 Å². The van der Waals surface area contributed by atoms with Gasteiger partial charge in [0.2, 0.25) is 0 Å². The lowest BCUT2D eigenvalue weighted by Gasteiger charge is -2.19. The molecule has 0 rings (SSSR count). The quantitative estimate of drug-likeness (QED) is 0.384. The van der Waals surface area contributed by atoms with E-state index in [1.165, 1.54) is 0 Å². The normalized spacial score (nSPS) is 14.3. The van der Waals surface area contributed by atoms with Crippen LogP contribution in [-0.2, 0) is 9.53 Å². The first-order valence-electron chi connectivity index (χ1n) is 5.88. The van der Waals surface area contributed by atoms with E-state index >= 15 is 0 Å². The smallest absolute Gasteiger partial charge is 0.453 e. The van der Waals surface area contributed by atoms with Crippen molar-refractivity contribution in [2.24, 2.45) is 0 Å². The van der Waals surface area contributed by atoms with Gasteiger partial charge in [-0.15, -0.1) is 11.8 Å². The fourth-order valence-corrected chi connectivity index (χ4v) is 2.28. The second kappa shape index (κ2) is 7.91. The SMILES string of the molecule is CCOC(=O)C(CC)SCCCC(F)(F)C(F)(F)F. The number of thioether (sulfide) groups is 1. The molecule has 0 amide bonds. The van der Waals surface area contributed by atoms with Crippen LogP contribution in [0, 0.1) is 0 Å². The zero-order valence-electron chi connectivity index (χ0n) is 10.7. The summed E-state index contributed by atoms with van der Waals surface area (Å²) >= 11 is 1.05. The number of rotatable bonds is 8. The second-order valence-corrected chi connectivity index (χ2v) is 5.14. The Morgan fingerprint density at radius 3 is 2.21 bits per heavy atom. The van der Waals surface area contributed by atoms with E-state index in [4.69, 9.17) is 4.74 Å². The number of halogens is 5. The van der Waals surface area contributed by atoms with Crippen molar-refractivity contribution in [1.29, 1.82) is 0 Å². The Balaban J connectivity index is 4.06. The Morgan fingerprint density at radius 1 is 1.21 bits per heavy atom. The van der Waals surface area contributed by atoms with Crippen LogP contribution >= 0.6 is 11.8 Å². The highest BCUT2D eigenvalue weighted by molar-refractivity contribution is 8.00. The zero-order valence-corrected chi connectivity index (χ0v) is 11.5. The molecule has 19 heavy (non-hydrogen) atoms. The van der Waals surface area contributed by atoms with Crippen LogP contribution in [0.3, 0.4) is 0 Å². The topological polar surface area (TPSA) is 26.3 Å². The molecule has 0 aliphatic rings. The van der Waals surface area contributed by atoms with E-state index < -0.39 is 29.7 Å². The summed E-state index contributed by atoms with van der Waals surface area (Å²) in [6.45, 7) is 3.57. The number of hydrogen-bond acceptors (Lipinski definition) is 3. The van der Waals surface area contributed by atoms with Gasteiger partial charge in [-0.3, -0.25) is 4.79 Å². The maximum Gasteiger partial charge on any atom is 0.453 e. The van der Waals surface area contributed by atoms with Crippen molar-refractivity contribution < 1.29 is 31.5 Å². The highest BCUT2D eigenvalue weighted by Crippen LogP contribution is 2.39. The van der Waals surface area contributed by atoms with E-state index in [1.807, 2.05) is 0 Å². The average molecular weight is 308 g/mol. The third-order valence-corrected chi connectivity index (χ3v) is 3.74. The van der Waals surface area contributed by atoms with Gasteiger partial charge in [0.15, 0.2) is 0 Å². The summed E-state index contributed by atoms with van der Waals surface area (Å²) in [6, 6.07) is 0. The minimum absolute atomic E-state index is 0.0585. The largest absolute Gasteiger partial charge is 0.465 e. The first-order valence-corrected chi connectivity index (χ1v) is 6.93. The maximum atomic E-state index is 12.6. The molecular weight excluding hydrogens is 291 g/mol. The van der Waals surface area contributed by atoms with Gasteiger partial charge in [-0.25, -0.2) is 0 Å². The first kappa shape index (κ1) is 18.5. The Labute approximate surface area is 113 Å². The molecule has 1 atom stereocenters. The minimum Gasteiger partial charge on any atom is -0.465 e. The maximum absolute atomic E-state index is 12.6. The van der Waals surface area contributed by atoms with Crippen molar-refractivity contribution in [2.45, 2.75) is 50.5 Å². The van der Waals surface area contributed by atoms with E-state index in [1.54, 1.807) is 13.8 Å². The fraction of sp³-hybridized carbons (Fsp3) is 0.909. The van der Waals surface area contributed by atoms with Crippen molar-refractivity contribution in [3.05, 3.63) is 0 Å². The summed E-state index contributed by atoms with van der Waals surface area (Å²) < 4.78 is 65.6. The second-order valence-electron chi connectivity index (χ2n) is 3.83. The molecule has 0 aromatic heterocycles. The molecule has 2 nitrogen and oxygen atoms in total. The van der Waals surface area contributed by atoms with E-state index in [9.17, 15) is 26.7 Å². The summed E-state index contributed by atoms with van der Waals surface area (Å²) in [4.78, 5) is 11.4. The van der Waals surface area contributed by atoms with E-state index in [0.29, 0.717) is 6.42 Å². The number of esters is 1. The van der Waals surface area contributed by atoms with Gasteiger partial charge in [0, 0.05) is 6.42 Å². The number of carbonyl (C=O) groups excluding carboxylic acids is 1. The van der Waals surface area contributed by atoms with Gasteiger partial charge in [-0.05, 0) is 25.5 Å². The van der Waals surface area contributed by atoms with E-state index in [0.717, 1.165) is 11.8 Å². The molecule has 114 valence electrons. The van der Waals surface area contributed by atoms with Crippen LogP contribution in [-0.4, -0.2) is 35.7 Å². The van der Waals surface area contributed by atoms with Crippen LogP contribution in [0.15, 0.2) is 0 Å².